The Hall–Kier alpha value is -3.19. The maximum absolute atomic E-state index is 14.6. The first-order chi connectivity index (χ1) is 14.2. The molecule has 4 rings (SSSR count). The molecular formula is C22H23FN4O2. The summed E-state index contributed by atoms with van der Waals surface area (Å²) >= 11 is 0. The minimum Gasteiger partial charge on any atom is -0.378 e. The fraction of sp³-hybridized carbons (Fsp3) is 0.273. The van der Waals surface area contributed by atoms with Gasteiger partial charge in [0.15, 0.2) is 5.96 Å². The molecule has 2 heterocycles. The van der Waals surface area contributed by atoms with E-state index in [1.165, 1.54) is 0 Å². The van der Waals surface area contributed by atoms with E-state index in [2.05, 4.69) is 10.1 Å². The van der Waals surface area contributed by atoms with Crippen molar-refractivity contribution in [1.82, 2.24) is 10.1 Å². The van der Waals surface area contributed by atoms with Crippen LogP contribution >= 0.6 is 0 Å². The molecule has 0 spiro atoms. The second-order valence-electron chi connectivity index (χ2n) is 6.92. The molecule has 1 saturated heterocycles. The molecule has 0 saturated carbocycles. The van der Waals surface area contributed by atoms with Gasteiger partial charge in [-0.1, -0.05) is 47.6 Å². The summed E-state index contributed by atoms with van der Waals surface area (Å²) in [6, 6.07) is 14.8. The number of aliphatic imine (C=N–C) groups is 1. The third-order valence-electron chi connectivity index (χ3n) is 4.96. The van der Waals surface area contributed by atoms with Gasteiger partial charge >= 0.3 is 0 Å². The number of benzene rings is 2. The first-order valence-electron chi connectivity index (χ1n) is 9.59. The van der Waals surface area contributed by atoms with Crippen LogP contribution < -0.4 is 5.73 Å². The molecule has 0 unspecified atom stereocenters. The highest BCUT2D eigenvalue weighted by atomic mass is 19.1. The van der Waals surface area contributed by atoms with Crippen molar-refractivity contribution in [2.75, 3.05) is 26.3 Å². The Morgan fingerprint density at radius 2 is 1.93 bits per heavy atom. The van der Waals surface area contributed by atoms with Gasteiger partial charge in [0.25, 0.3) is 0 Å². The normalized spacial score (nSPS) is 14.9. The van der Waals surface area contributed by atoms with E-state index in [1.54, 1.807) is 18.4 Å². The number of nitrogens with two attached hydrogens (primary N) is 1. The fourth-order valence-electron chi connectivity index (χ4n) is 3.33. The summed E-state index contributed by atoms with van der Waals surface area (Å²) in [7, 11) is 0. The van der Waals surface area contributed by atoms with E-state index in [-0.39, 0.29) is 5.82 Å². The maximum Gasteiger partial charge on any atom is 0.191 e. The highest BCUT2D eigenvalue weighted by Crippen LogP contribution is 2.24. The van der Waals surface area contributed by atoms with Crippen LogP contribution in [0.3, 0.4) is 0 Å². The zero-order valence-corrected chi connectivity index (χ0v) is 16.1. The predicted molar refractivity (Wildman–Crippen MR) is 109 cm³/mol. The van der Waals surface area contributed by atoms with E-state index in [1.807, 2.05) is 41.3 Å². The molecule has 0 radical (unpaired) electrons. The molecular weight excluding hydrogens is 371 g/mol. The highest BCUT2D eigenvalue weighted by molar-refractivity contribution is 5.78. The van der Waals surface area contributed by atoms with E-state index >= 15 is 0 Å². The zero-order valence-electron chi connectivity index (χ0n) is 16.1. The summed E-state index contributed by atoms with van der Waals surface area (Å²) in [5, 5.41) is 4.07. The lowest BCUT2D eigenvalue weighted by molar-refractivity contribution is 0.0674. The highest BCUT2D eigenvalue weighted by Gasteiger charge is 2.14. The fourth-order valence-corrected chi connectivity index (χ4v) is 3.33. The number of hydrogen-bond donors (Lipinski definition) is 1. The van der Waals surface area contributed by atoms with Gasteiger partial charge in [-0.2, -0.15) is 0 Å². The van der Waals surface area contributed by atoms with Crippen LogP contribution in [0.25, 0.3) is 11.1 Å². The molecule has 29 heavy (non-hydrogen) atoms. The lowest BCUT2D eigenvalue weighted by Gasteiger charge is -2.27. The van der Waals surface area contributed by atoms with Crippen molar-refractivity contribution in [2.45, 2.75) is 13.0 Å². The summed E-state index contributed by atoms with van der Waals surface area (Å²) in [6.45, 7) is 3.14. The van der Waals surface area contributed by atoms with Crippen molar-refractivity contribution in [3.8, 4) is 11.1 Å². The van der Waals surface area contributed by atoms with Gasteiger partial charge in [-0.25, -0.2) is 9.38 Å². The molecule has 0 bridgehead atoms. The van der Waals surface area contributed by atoms with Crippen molar-refractivity contribution < 1.29 is 13.7 Å². The van der Waals surface area contributed by atoms with Crippen molar-refractivity contribution in [1.29, 1.82) is 0 Å². The van der Waals surface area contributed by atoms with Crippen LogP contribution in [0.4, 0.5) is 4.39 Å². The molecule has 1 fully saturated rings. The molecule has 2 N–H and O–H groups in total. The van der Waals surface area contributed by atoms with Crippen LogP contribution in [-0.4, -0.2) is 42.3 Å². The van der Waals surface area contributed by atoms with Crippen LogP contribution in [0.2, 0.25) is 0 Å². The largest absolute Gasteiger partial charge is 0.378 e. The third kappa shape index (κ3) is 4.63. The minimum atomic E-state index is -0.256. The standard InChI is InChI=1S/C22H23FN4O2/c23-20-12-16(6-7-19(20)17-4-2-1-3-5-17)13-21-18(15-29-26-21)14-25-22(24)27-8-10-28-11-9-27/h1-7,12,15H,8-11,13-14H2,(H2,24,25). The van der Waals surface area contributed by atoms with Gasteiger partial charge < -0.3 is 19.9 Å². The Kier molecular flexibility index (Phi) is 5.86. The number of aromatic nitrogens is 1. The zero-order chi connectivity index (χ0) is 20.1. The molecule has 7 heteroatoms. The summed E-state index contributed by atoms with van der Waals surface area (Å²) in [4.78, 5) is 6.45. The van der Waals surface area contributed by atoms with Crippen molar-refractivity contribution in [3.05, 3.63) is 77.4 Å². The van der Waals surface area contributed by atoms with Gasteiger partial charge in [-0.15, -0.1) is 0 Å². The maximum atomic E-state index is 14.6. The second-order valence-corrected chi connectivity index (χ2v) is 6.92. The Morgan fingerprint density at radius 3 is 2.69 bits per heavy atom. The second kappa shape index (κ2) is 8.87. The van der Waals surface area contributed by atoms with Crippen molar-refractivity contribution in [2.24, 2.45) is 10.7 Å². The number of morpholine rings is 1. The Bertz CT molecular complexity index is 981. The summed E-state index contributed by atoms with van der Waals surface area (Å²) < 4.78 is 25.1. The van der Waals surface area contributed by atoms with Gasteiger partial charge in [0.1, 0.15) is 12.1 Å². The first-order valence-corrected chi connectivity index (χ1v) is 9.59. The third-order valence-corrected chi connectivity index (χ3v) is 4.96. The van der Waals surface area contributed by atoms with Gasteiger partial charge in [0.2, 0.25) is 0 Å². The van der Waals surface area contributed by atoms with E-state index < -0.39 is 0 Å². The van der Waals surface area contributed by atoms with Crippen LogP contribution in [0.15, 0.2) is 64.3 Å². The van der Waals surface area contributed by atoms with Crippen LogP contribution in [-0.2, 0) is 17.7 Å². The average molecular weight is 394 g/mol. The summed E-state index contributed by atoms with van der Waals surface area (Å²) in [5.74, 6) is 0.229. The predicted octanol–water partition coefficient (Wildman–Crippen LogP) is 3.22. The van der Waals surface area contributed by atoms with Gasteiger partial charge in [-0.05, 0) is 17.2 Å². The topological polar surface area (TPSA) is 76.9 Å². The number of rotatable bonds is 5. The molecule has 1 aromatic heterocycles. The van der Waals surface area contributed by atoms with Gasteiger partial charge in [0, 0.05) is 30.6 Å². The van der Waals surface area contributed by atoms with Crippen molar-refractivity contribution in [3.63, 3.8) is 0 Å². The van der Waals surface area contributed by atoms with E-state index in [9.17, 15) is 4.39 Å². The Balaban J connectivity index is 1.45. The van der Waals surface area contributed by atoms with E-state index in [4.69, 9.17) is 15.0 Å². The van der Waals surface area contributed by atoms with Crippen LogP contribution in [0.5, 0.6) is 0 Å². The minimum absolute atomic E-state index is 0.256. The Labute approximate surface area is 168 Å². The molecule has 0 aliphatic carbocycles. The molecule has 2 aromatic carbocycles. The quantitative estimate of drug-likeness (QED) is 0.531. The van der Waals surface area contributed by atoms with Gasteiger partial charge in [-0.3, -0.25) is 0 Å². The SMILES string of the molecule is NC(=NCc1conc1Cc1ccc(-c2ccccc2)c(F)c1)N1CCOCC1. The lowest BCUT2D eigenvalue weighted by atomic mass is 10.0. The van der Waals surface area contributed by atoms with Crippen LogP contribution in [0, 0.1) is 5.82 Å². The van der Waals surface area contributed by atoms with E-state index in [0.717, 1.165) is 35.5 Å². The Morgan fingerprint density at radius 1 is 1.14 bits per heavy atom. The number of ether oxygens (including phenoxy) is 1. The lowest BCUT2D eigenvalue weighted by Crippen LogP contribution is -2.44. The first kappa shape index (κ1) is 19.1. The average Bonchev–Trinajstić information content (AvgIpc) is 3.20. The van der Waals surface area contributed by atoms with Crippen molar-refractivity contribution >= 4 is 5.96 Å². The molecule has 1 aliphatic heterocycles. The van der Waals surface area contributed by atoms with E-state index in [0.29, 0.717) is 37.7 Å². The summed E-state index contributed by atoms with van der Waals surface area (Å²) in [6.07, 6.45) is 2.03. The molecule has 0 atom stereocenters. The monoisotopic (exact) mass is 394 g/mol. The summed E-state index contributed by atoms with van der Waals surface area (Å²) in [5.41, 5.74) is 9.91. The molecule has 6 nitrogen and oxygen atoms in total. The van der Waals surface area contributed by atoms with Crippen LogP contribution in [0.1, 0.15) is 16.8 Å². The molecule has 3 aromatic rings. The number of nitrogens with zero attached hydrogens (tertiary/aromatic N) is 3. The molecule has 150 valence electrons. The number of hydrogen-bond acceptors (Lipinski definition) is 4. The smallest absolute Gasteiger partial charge is 0.191 e. The van der Waals surface area contributed by atoms with Gasteiger partial charge in [0.05, 0.1) is 25.5 Å². The number of guanidine groups is 1. The molecule has 1 aliphatic rings. The molecule has 0 amide bonds. The number of halogens is 1.